The summed E-state index contributed by atoms with van der Waals surface area (Å²) in [5.74, 6) is -0.526. The van der Waals surface area contributed by atoms with Gasteiger partial charge in [-0.3, -0.25) is 0 Å². The van der Waals surface area contributed by atoms with Crippen LogP contribution in [0.4, 0.5) is 4.39 Å². The molecule has 2 rings (SSSR count). The molecule has 1 aromatic carbocycles. The molecule has 2 aromatic rings. The number of halogens is 1. The lowest BCUT2D eigenvalue weighted by atomic mass is 10.2. The third-order valence-electron chi connectivity index (χ3n) is 1.37. The van der Waals surface area contributed by atoms with Gasteiger partial charge in [-0.15, -0.1) is 0 Å². The second-order valence-corrected chi connectivity index (χ2v) is 2.07. The Bertz CT molecular complexity index is 473. The van der Waals surface area contributed by atoms with Crippen molar-refractivity contribution in [1.82, 2.24) is 9.97 Å². The highest BCUT2D eigenvalue weighted by Gasteiger charge is 1.98. The zero-order valence-electron chi connectivity index (χ0n) is 7.50. The quantitative estimate of drug-likeness (QED) is 0.572. The smallest absolute Gasteiger partial charge is 0.149 e. The predicted octanol–water partition coefficient (Wildman–Crippen LogP) is 1.77. The Labute approximate surface area is 65.5 Å². The molecule has 0 atom stereocenters. The van der Waals surface area contributed by atoms with E-state index >= 15 is 0 Å². The van der Waals surface area contributed by atoms with Gasteiger partial charge in [0.1, 0.15) is 19.0 Å². The van der Waals surface area contributed by atoms with Gasteiger partial charge < -0.3 is 0 Å². The number of hydrogen-bond donors (Lipinski definition) is 0. The Kier molecular flexibility index (Phi) is 0.904. The minimum absolute atomic E-state index is 0.0347. The molecule has 0 saturated heterocycles. The summed E-state index contributed by atoms with van der Waals surface area (Å²) in [5.41, 5.74) is 0.0347. The Balaban J connectivity index is 2.94. The van der Waals surface area contributed by atoms with Gasteiger partial charge in [-0.1, -0.05) is 12.1 Å². The van der Waals surface area contributed by atoms with Crippen LogP contribution in [0.25, 0.3) is 10.9 Å². The molecule has 54 valence electrons. The fourth-order valence-corrected chi connectivity index (χ4v) is 0.879. The van der Waals surface area contributed by atoms with Crippen LogP contribution in [0.15, 0.2) is 30.7 Å². The number of hydrogen-bond acceptors (Lipinski definition) is 2. The highest BCUT2D eigenvalue weighted by molar-refractivity contribution is 5.77. The highest BCUT2D eigenvalue weighted by atomic mass is 19.1. The first kappa shape index (κ1) is 4.38. The normalized spacial score (nSPS) is 12.8. The molecule has 0 amide bonds. The van der Waals surface area contributed by atoms with E-state index < -0.39 is 5.82 Å². The first-order valence-electron chi connectivity index (χ1n) is 4.08. The molecule has 2 nitrogen and oxygen atoms in total. The van der Waals surface area contributed by atoms with E-state index in [1.54, 1.807) is 6.07 Å². The largest absolute Gasteiger partial charge is 0.244 e. The molecule has 1 heterocycles. The van der Waals surface area contributed by atoms with Crippen molar-refractivity contribution >= 4 is 10.9 Å². The summed E-state index contributed by atoms with van der Waals surface area (Å²) < 4.78 is 27.6. The molecular formula is C8H5FN2. The number of fused-ring (bicyclic) bond motifs is 1. The summed E-state index contributed by atoms with van der Waals surface area (Å²) in [6.07, 6.45) is -0.447. The summed E-state index contributed by atoms with van der Waals surface area (Å²) >= 11 is 0. The van der Waals surface area contributed by atoms with Crippen LogP contribution in [-0.4, -0.2) is 9.97 Å². The van der Waals surface area contributed by atoms with E-state index in [0.717, 1.165) is 0 Å². The zero-order valence-corrected chi connectivity index (χ0v) is 5.50. The maximum atomic E-state index is 13.1. The molecule has 0 fully saturated rings. The first-order valence-corrected chi connectivity index (χ1v) is 3.08. The maximum absolute atomic E-state index is 13.1. The summed E-state index contributed by atoms with van der Waals surface area (Å²) in [6, 6.07) is 4.29. The fraction of sp³-hybridized carbons (Fsp3) is 0. The van der Waals surface area contributed by atoms with Crippen LogP contribution in [0, 0.1) is 5.82 Å². The van der Waals surface area contributed by atoms with Crippen molar-refractivity contribution in [3.63, 3.8) is 0 Å². The Morgan fingerprint density at radius 2 is 2.36 bits per heavy atom. The van der Waals surface area contributed by atoms with E-state index in [2.05, 4.69) is 9.97 Å². The monoisotopic (exact) mass is 150 g/mol. The second-order valence-electron chi connectivity index (χ2n) is 2.07. The van der Waals surface area contributed by atoms with Gasteiger partial charge in [-0.25, -0.2) is 14.4 Å². The molecule has 1 aromatic heterocycles. The summed E-state index contributed by atoms with van der Waals surface area (Å²) in [5, 5.41) is 0.330. The third kappa shape index (κ3) is 0.941. The Morgan fingerprint density at radius 1 is 1.45 bits per heavy atom. The van der Waals surface area contributed by atoms with Crippen molar-refractivity contribution in [2.45, 2.75) is 0 Å². The Morgan fingerprint density at radius 3 is 3.27 bits per heavy atom. The summed E-state index contributed by atoms with van der Waals surface area (Å²) in [6.45, 7) is 0. The lowest BCUT2D eigenvalue weighted by molar-refractivity contribution is 0.636. The first-order chi connectivity index (χ1) is 6.18. The van der Waals surface area contributed by atoms with Crippen molar-refractivity contribution in [2.75, 3.05) is 0 Å². The van der Waals surface area contributed by atoms with Gasteiger partial charge in [0.25, 0.3) is 0 Å². The van der Waals surface area contributed by atoms with E-state index in [4.69, 9.17) is 2.74 Å². The summed E-state index contributed by atoms with van der Waals surface area (Å²) in [7, 11) is 0. The molecule has 0 aliphatic heterocycles. The zero-order chi connectivity index (χ0) is 9.42. The van der Waals surface area contributed by atoms with Crippen LogP contribution in [-0.2, 0) is 0 Å². The van der Waals surface area contributed by atoms with Gasteiger partial charge in [0, 0.05) is 11.6 Å². The topological polar surface area (TPSA) is 25.8 Å². The molecule has 11 heavy (non-hydrogen) atoms. The van der Waals surface area contributed by atoms with Crippen molar-refractivity contribution in [3.8, 4) is 0 Å². The molecule has 0 N–H and O–H groups in total. The van der Waals surface area contributed by atoms with Crippen molar-refractivity contribution in [2.24, 2.45) is 0 Å². The molecule has 0 aliphatic rings. The average Bonchev–Trinajstić information content (AvgIpc) is 2.07. The molecule has 3 heteroatoms. The molecule has 0 unspecified atom stereocenters. The Hall–Kier alpha value is -1.51. The lowest BCUT2D eigenvalue weighted by Crippen LogP contribution is -1.83. The van der Waals surface area contributed by atoms with Crippen molar-refractivity contribution < 1.29 is 7.13 Å². The highest BCUT2D eigenvalue weighted by Crippen LogP contribution is 2.11. The molecule has 0 aliphatic carbocycles. The van der Waals surface area contributed by atoms with Gasteiger partial charge >= 0.3 is 0 Å². The van der Waals surface area contributed by atoms with E-state index in [-0.39, 0.29) is 18.0 Å². The van der Waals surface area contributed by atoms with E-state index in [1.165, 1.54) is 12.1 Å². The molecule has 0 spiro atoms. The molecule has 0 bridgehead atoms. The van der Waals surface area contributed by atoms with Gasteiger partial charge in [0.05, 0.1) is 1.37 Å². The number of benzene rings is 1. The number of rotatable bonds is 0. The van der Waals surface area contributed by atoms with Crippen molar-refractivity contribution in [3.05, 3.63) is 36.5 Å². The standard InChI is InChI=1S/C8H5FN2/c9-7-3-1-2-6-4-10-5-11-8(6)7/h1-5H/i4D,5D. The molecular weight excluding hydrogens is 143 g/mol. The molecule has 0 saturated carbocycles. The van der Waals surface area contributed by atoms with Crippen LogP contribution in [0.1, 0.15) is 2.74 Å². The van der Waals surface area contributed by atoms with Crippen LogP contribution in [0.3, 0.4) is 0 Å². The lowest BCUT2D eigenvalue weighted by Gasteiger charge is -1.94. The minimum Gasteiger partial charge on any atom is -0.244 e. The number of aromatic nitrogens is 2. The van der Waals surface area contributed by atoms with Gasteiger partial charge in [-0.05, 0) is 6.07 Å². The number of nitrogens with zero attached hydrogens (tertiary/aromatic N) is 2. The SMILES string of the molecule is [2H]c1nc([2H])c2cccc(F)c2n1. The van der Waals surface area contributed by atoms with E-state index in [9.17, 15) is 4.39 Å². The maximum Gasteiger partial charge on any atom is 0.149 e. The van der Waals surface area contributed by atoms with Gasteiger partial charge in [0.2, 0.25) is 0 Å². The molecule has 0 radical (unpaired) electrons. The predicted molar refractivity (Wildman–Crippen MR) is 39.5 cm³/mol. The third-order valence-corrected chi connectivity index (χ3v) is 1.37. The van der Waals surface area contributed by atoms with Crippen molar-refractivity contribution in [1.29, 1.82) is 0 Å². The van der Waals surface area contributed by atoms with E-state index in [0.29, 0.717) is 5.39 Å². The summed E-state index contributed by atoms with van der Waals surface area (Å²) in [4.78, 5) is 7.10. The van der Waals surface area contributed by atoms with Crippen LogP contribution >= 0.6 is 0 Å². The van der Waals surface area contributed by atoms with Gasteiger partial charge in [-0.2, -0.15) is 0 Å². The van der Waals surface area contributed by atoms with Crippen LogP contribution < -0.4 is 0 Å². The van der Waals surface area contributed by atoms with Gasteiger partial charge in [0.15, 0.2) is 0 Å². The second kappa shape index (κ2) is 2.27. The fourth-order valence-electron chi connectivity index (χ4n) is 0.879. The minimum atomic E-state index is -0.526. The van der Waals surface area contributed by atoms with Crippen LogP contribution in [0.2, 0.25) is 0 Å². The number of para-hydroxylation sites is 1. The average molecular weight is 150 g/mol. The van der Waals surface area contributed by atoms with Crippen LogP contribution in [0.5, 0.6) is 0 Å². The van der Waals surface area contributed by atoms with E-state index in [1.807, 2.05) is 0 Å².